The number of sulfonamides is 2. The van der Waals surface area contributed by atoms with Gasteiger partial charge in [-0.15, -0.1) is 0 Å². The zero-order chi connectivity index (χ0) is 15.7. The average molecular weight is 325 g/mol. The molecule has 1 aromatic carbocycles. The lowest BCUT2D eigenvalue weighted by Crippen LogP contribution is -2.35. The number of hydrogen-bond acceptors (Lipinski definition) is 6. The van der Waals surface area contributed by atoms with Crippen LogP contribution >= 0.6 is 0 Å². The van der Waals surface area contributed by atoms with Gasteiger partial charge in [0.25, 0.3) is 0 Å². The number of esters is 1. The lowest BCUT2D eigenvalue weighted by atomic mass is 10.2. The Morgan fingerprint density at radius 3 is 2.00 bits per heavy atom. The minimum Gasteiger partial charge on any atom is -0.465 e. The Morgan fingerprint density at radius 1 is 1.15 bits per heavy atom. The quantitative estimate of drug-likeness (QED) is 0.740. The molecule has 0 aliphatic carbocycles. The summed E-state index contributed by atoms with van der Waals surface area (Å²) in [6.45, 7) is 0. The molecule has 0 atom stereocenters. The van der Waals surface area contributed by atoms with Gasteiger partial charge in [0.05, 0.1) is 30.9 Å². The summed E-state index contributed by atoms with van der Waals surface area (Å²) in [5.41, 5.74) is -0.863. The third-order valence-electron chi connectivity index (χ3n) is 2.17. The second-order valence-corrected chi connectivity index (χ2v) is 7.77. The molecule has 0 heterocycles. The first-order valence-electron chi connectivity index (χ1n) is 5.07. The summed E-state index contributed by atoms with van der Waals surface area (Å²) in [6, 6.07) is 2.58. The van der Waals surface area contributed by atoms with Crippen LogP contribution < -0.4 is 3.71 Å². The Hall–Kier alpha value is -1.68. The molecule has 0 N–H and O–H groups in total. The minimum atomic E-state index is -4.17. The van der Waals surface area contributed by atoms with Gasteiger partial charge in [-0.1, -0.05) is 0 Å². The van der Waals surface area contributed by atoms with Crippen LogP contribution in [0.3, 0.4) is 0 Å². The SMILES string of the molecule is COC(=O)c1ccc(N(S(C)(=O)=O)S(C)(=O)=O)cc1F. The second-order valence-electron chi connectivity index (χ2n) is 3.88. The molecule has 1 rings (SSSR count). The van der Waals surface area contributed by atoms with Gasteiger partial charge in [-0.25, -0.2) is 26.0 Å². The maximum absolute atomic E-state index is 13.7. The number of carbonyl (C=O) groups excluding carboxylic acids is 1. The van der Waals surface area contributed by atoms with Crippen LogP contribution in [-0.2, 0) is 24.8 Å². The summed E-state index contributed by atoms with van der Waals surface area (Å²) < 4.78 is 64.1. The molecule has 112 valence electrons. The molecule has 0 saturated carbocycles. The number of benzene rings is 1. The Bertz CT molecular complexity index is 709. The van der Waals surface area contributed by atoms with Crippen molar-refractivity contribution in [3.8, 4) is 0 Å². The molecule has 0 aliphatic heterocycles. The predicted octanol–water partition coefficient (Wildman–Crippen LogP) is 0.338. The van der Waals surface area contributed by atoms with Gasteiger partial charge in [-0.3, -0.25) is 0 Å². The minimum absolute atomic E-state index is 0.0736. The predicted molar refractivity (Wildman–Crippen MR) is 69.9 cm³/mol. The first kappa shape index (κ1) is 16.4. The number of halogens is 1. The number of ether oxygens (including phenoxy) is 1. The fourth-order valence-electron chi connectivity index (χ4n) is 1.52. The monoisotopic (exact) mass is 325 g/mol. The molecule has 20 heavy (non-hydrogen) atoms. The van der Waals surface area contributed by atoms with Gasteiger partial charge in [0.15, 0.2) is 0 Å². The molecular formula is C10H12FNO6S2. The largest absolute Gasteiger partial charge is 0.465 e. The average Bonchev–Trinajstić information content (AvgIpc) is 2.24. The van der Waals surface area contributed by atoms with E-state index in [0.717, 1.165) is 19.2 Å². The van der Waals surface area contributed by atoms with Crippen LogP contribution in [0, 0.1) is 5.82 Å². The summed E-state index contributed by atoms with van der Waals surface area (Å²) >= 11 is 0. The summed E-state index contributed by atoms with van der Waals surface area (Å²) in [5, 5.41) is 0. The van der Waals surface area contributed by atoms with Gasteiger partial charge in [0.1, 0.15) is 5.82 Å². The molecule has 7 nitrogen and oxygen atoms in total. The zero-order valence-corrected chi connectivity index (χ0v) is 12.5. The molecule has 0 unspecified atom stereocenters. The molecule has 0 amide bonds. The number of nitrogens with zero attached hydrogens (tertiary/aromatic N) is 1. The highest BCUT2D eigenvalue weighted by atomic mass is 32.3. The van der Waals surface area contributed by atoms with E-state index in [-0.39, 0.29) is 3.71 Å². The molecule has 0 radical (unpaired) electrons. The van der Waals surface area contributed by atoms with Crippen molar-refractivity contribution in [2.24, 2.45) is 0 Å². The second kappa shape index (κ2) is 5.37. The molecule has 0 bridgehead atoms. The van der Waals surface area contributed by atoms with E-state index in [0.29, 0.717) is 18.6 Å². The summed E-state index contributed by atoms with van der Waals surface area (Å²) in [6.07, 6.45) is 1.33. The normalized spacial score (nSPS) is 12.0. The summed E-state index contributed by atoms with van der Waals surface area (Å²) in [7, 11) is -7.29. The number of rotatable bonds is 4. The van der Waals surface area contributed by atoms with Gasteiger partial charge in [-0.05, 0) is 12.1 Å². The first-order valence-corrected chi connectivity index (χ1v) is 8.76. The van der Waals surface area contributed by atoms with Crippen LogP contribution in [-0.4, -0.2) is 42.4 Å². The van der Waals surface area contributed by atoms with E-state index in [1.807, 2.05) is 0 Å². The highest BCUT2D eigenvalue weighted by Crippen LogP contribution is 2.23. The summed E-state index contributed by atoms with van der Waals surface area (Å²) in [5.74, 6) is -2.05. The number of hydrogen-bond donors (Lipinski definition) is 0. The van der Waals surface area contributed by atoms with Gasteiger partial charge in [0.2, 0.25) is 20.0 Å². The first-order chi connectivity index (χ1) is 8.98. The molecule has 0 aliphatic rings. The van der Waals surface area contributed by atoms with Crippen molar-refractivity contribution in [1.82, 2.24) is 0 Å². The maximum Gasteiger partial charge on any atom is 0.340 e. The Labute approximate surface area is 116 Å². The fourth-order valence-corrected chi connectivity index (χ4v) is 4.48. The van der Waals surface area contributed by atoms with Gasteiger partial charge >= 0.3 is 5.97 Å². The zero-order valence-electron chi connectivity index (χ0n) is 10.8. The fraction of sp³-hybridized carbons (Fsp3) is 0.300. The third-order valence-corrected chi connectivity index (χ3v) is 5.42. The molecule has 0 saturated heterocycles. The Balaban J connectivity index is 3.47. The van der Waals surface area contributed by atoms with Crippen molar-refractivity contribution >= 4 is 31.7 Å². The van der Waals surface area contributed by atoms with Crippen molar-refractivity contribution in [3.05, 3.63) is 29.6 Å². The van der Waals surface area contributed by atoms with E-state index in [2.05, 4.69) is 4.74 Å². The third kappa shape index (κ3) is 3.45. The lowest BCUT2D eigenvalue weighted by Gasteiger charge is -2.19. The molecule has 0 aromatic heterocycles. The van der Waals surface area contributed by atoms with Crippen molar-refractivity contribution in [2.45, 2.75) is 0 Å². The lowest BCUT2D eigenvalue weighted by molar-refractivity contribution is 0.0595. The molecular weight excluding hydrogens is 313 g/mol. The number of anilines is 1. The molecule has 1 aromatic rings. The smallest absolute Gasteiger partial charge is 0.340 e. The van der Waals surface area contributed by atoms with Crippen molar-refractivity contribution < 1.29 is 30.8 Å². The van der Waals surface area contributed by atoms with Crippen molar-refractivity contribution in [3.63, 3.8) is 0 Å². The van der Waals surface area contributed by atoms with Gasteiger partial charge in [0, 0.05) is 6.07 Å². The van der Waals surface area contributed by atoms with Crippen molar-refractivity contribution in [1.29, 1.82) is 0 Å². The Kier molecular flexibility index (Phi) is 4.39. The topological polar surface area (TPSA) is 97.8 Å². The highest BCUT2D eigenvalue weighted by Gasteiger charge is 2.28. The van der Waals surface area contributed by atoms with Crippen LogP contribution in [0.5, 0.6) is 0 Å². The highest BCUT2D eigenvalue weighted by molar-refractivity contribution is 8.09. The van der Waals surface area contributed by atoms with Crippen LogP contribution in [0.2, 0.25) is 0 Å². The summed E-state index contributed by atoms with van der Waals surface area (Å²) in [4.78, 5) is 11.2. The van der Waals surface area contributed by atoms with E-state index in [1.54, 1.807) is 0 Å². The Morgan fingerprint density at radius 2 is 1.65 bits per heavy atom. The van der Waals surface area contributed by atoms with Crippen LogP contribution in [0.1, 0.15) is 10.4 Å². The van der Waals surface area contributed by atoms with Crippen LogP contribution in [0.15, 0.2) is 18.2 Å². The van der Waals surface area contributed by atoms with Crippen molar-refractivity contribution in [2.75, 3.05) is 23.3 Å². The van der Waals surface area contributed by atoms with E-state index < -0.39 is 43.1 Å². The van der Waals surface area contributed by atoms with E-state index >= 15 is 0 Å². The van der Waals surface area contributed by atoms with Gasteiger partial charge < -0.3 is 4.74 Å². The van der Waals surface area contributed by atoms with E-state index in [1.165, 1.54) is 0 Å². The van der Waals surface area contributed by atoms with E-state index in [4.69, 9.17) is 0 Å². The van der Waals surface area contributed by atoms with Crippen LogP contribution in [0.4, 0.5) is 10.1 Å². The molecule has 10 heteroatoms. The van der Waals surface area contributed by atoms with Crippen LogP contribution in [0.25, 0.3) is 0 Å². The number of methoxy groups -OCH3 is 1. The molecule has 0 fully saturated rings. The number of carbonyl (C=O) groups is 1. The molecule has 0 spiro atoms. The standard InChI is InChI=1S/C10H12FNO6S2/c1-18-10(13)8-5-4-7(6-9(8)11)12(19(2,14)15)20(3,16)17/h4-6H,1-3H3. The van der Waals surface area contributed by atoms with E-state index in [9.17, 15) is 26.0 Å². The maximum atomic E-state index is 13.7. The van der Waals surface area contributed by atoms with Gasteiger partial charge in [-0.2, -0.15) is 3.71 Å².